The second-order valence-corrected chi connectivity index (χ2v) is 15.4. The highest BCUT2D eigenvalue weighted by Crippen LogP contribution is 2.65. The minimum absolute atomic E-state index is 0.0334. The topological polar surface area (TPSA) is 109 Å². The number of morpholine rings is 1. The van der Waals surface area contributed by atoms with E-state index in [1.54, 1.807) is 18.2 Å². The van der Waals surface area contributed by atoms with Crippen molar-refractivity contribution >= 4 is 18.9 Å². The first kappa shape index (κ1) is 32.6. The zero-order valence-corrected chi connectivity index (χ0v) is 28.1. The van der Waals surface area contributed by atoms with Crippen LogP contribution in [0.2, 0.25) is 0 Å². The van der Waals surface area contributed by atoms with Gasteiger partial charge in [0, 0.05) is 37.2 Å². The van der Waals surface area contributed by atoms with E-state index in [4.69, 9.17) is 14.0 Å². The SMILES string of the molecule is CC1(C)[C@@H]2C[C@H]3OB([C@H](CC4CCC4)NC(=O)[C@H](Cc4ccccc4)NC(=O)c4ccc(O)c(CN5CCOCC5)c4)O[C@@]3(C)[C@H]1C2. The molecule has 2 heterocycles. The number of nitrogens with zero attached hydrogens (tertiary/aromatic N) is 1. The van der Waals surface area contributed by atoms with E-state index in [9.17, 15) is 14.7 Å². The Kier molecular flexibility index (Phi) is 9.15. The van der Waals surface area contributed by atoms with Crippen molar-refractivity contribution in [1.82, 2.24) is 15.5 Å². The van der Waals surface area contributed by atoms with Crippen molar-refractivity contribution in [1.29, 1.82) is 0 Å². The molecule has 47 heavy (non-hydrogen) atoms. The molecule has 4 aliphatic carbocycles. The fourth-order valence-corrected chi connectivity index (χ4v) is 8.83. The molecular weight excluding hydrogens is 593 g/mol. The highest BCUT2D eigenvalue weighted by atomic mass is 16.7. The van der Waals surface area contributed by atoms with Crippen molar-refractivity contribution in [3.63, 3.8) is 0 Å². The third kappa shape index (κ3) is 6.59. The minimum atomic E-state index is -0.809. The van der Waals surface area contributed by atoms with E-state index in [0.29, 0.717) is 55.1 Å². The quantitative estimate of drug-likeness (QED) is 0.310. The maximum atomic E-state index is 14.2. The summed E-state index contributed by atoms with van der Waals surface area (Å²) in [5, 5.41) is 16.9. The van der Waals surface area contributed by atoms with Crippen molar-refractivity contribution in [3.05, 3.63) is 65.2 Å². The molecule has 2 aromatic carbocycles. The average molecular weight is 644 g/mol. The van der Waals surface area contributed by atoms with Gasteiger partial charge in [0.05, 0.1) is 30.9 Å². The van der Waals surface area contributed by atoms with E-state index in [0.717, 1.165) is 44.3 Å². The number of nitrogens with one attached hydrogen (secondary N) is 2. The zero-order chi connectivity index (χ0) is 32.8. The van der Waals surface area contributed by atoms with Gasteiger partial charge in [0.2, 0.25) is 5.91 Å². The van der Waals surface area contributed by atoms with Gasteiger partial charge in [-0.25, -0.2) is 0 Å². The maximum Gasteiger partial charge on any atom is 0.481 e. The Hall–Kier alpha value is -2.92. The number of amides is 2. The van der Waals surface area contributed by atoms with Gasteiger partial charge in [0.15, 0.2) is 0 Å². The van der Waals surface area contributed by atoms with Gasteiger partial charge in [-0.2, -0.15) is 0 Å². The number of aromatic hydroxyl groups is 1. The second-order valence-electron chi connectivity index (χ2n) is 15.4. The van der Waals surface area contributed by atoms with E-state index < -0.39 is 13.2 Å². The van der Waals surface area contributed by atoms with Crippen molar-refractivity contribution < 1.29 is 28.7 Å². The molecule has 3 N–H and O–H groups in total. The molecule has 252 valence electrons. The largest absolute Gasteiger partial charge is 0.508 e. The molecule has 2 amide bonds. The van der Waals surface area contributed by atoms with Gasteiger partial charge < -0.3 is 29.8 Å². The van der Waals surface area contributed by atoms with Crippen LogP contribution >= 0.6 is 0 Å². The molecule has 0 radical (unpaired) electrons. The molecule has 10 heteroatoms. The van der Waals surface area contributed by atoms with Crippen LogP contribution in [0.3, 0.4) is 0 Å². The van der Waals surface area contributed by atoms with Gasteiger partial charge in [0.25, 0.3) is 5.91 Å². The molecule has 2 bridgehead atoms. The summed E-state index contributed by atoms with van der Waals surface area (Å²) in [6, 6.07) is 13.9. The van der Waals surface area contributed by atoms with Crippen LogP contribution in [0.4, 0.5) is 0 Å². The number of ether oxygens (including phenoxy) is 1. The predicted molar refractivity (Wildman–Crippen MR) is 180 cm³/mol. The zero-order valence-electron chi connectivity index (χ0n) is 28.1. The van der Waals surface area contributed by atoms with E-state index in [2.05, 4.69) is 36.3 Å². The first-order chi connectivity index (χ1) is 22.6. The van der Waals surface area contributed by atoms with Crippen LogP contribution in [0, 0.1) is 23.2 Å². The van der Waals surface area contributed by atoms with E-state index in [1.165, 1.54) is 12.8 Å². The molecule has 0 spiro atoms. The normalized spacial score (nSPS) is 29.6. The Morgan fingerprint density at radius 1 is 1.04 bits per heavy atom. The molecule has 2 saturated heterocycles. The van der Waals surface area contributed by atoms with Crippen molar-refractivity contribution in [2.75, 3.05) is 26.3 Å². The Balaban J connectivity index is 1.09. The monoisotopic (exact) mass is 643 g/mol. The molecule has 2 aliphatic heterocycles. The third-order valence-corrected chi connectivity index (χ3v) is 12.2. The van der Waals surface area contributed by atoms with E-state index in [1.807, 2.05) is 30.3 Å². The van der Waals surface area contributed by atoms with Crippen molar-refractivity contribution in [2.45, 2.75) is 95.9 Å². The van der Waals surface area contributed by atoms with Crippen LogP contribution < -0.4 is 10.6 Å². The molecule has 0 aromatic heterocycles. The van der Waals surface area contributed by atoms with Gasteiger partial charge in [0.1, 0.15) is 11.8 Å². The second kappa shape index (κ2) is 13.2. The van der Waals surface area contributed by atoms with Crippen LogP contribution in [0.25, 0.3) is 0 Å². The number of carbonyl (C=O) groups excluding carboxylic acids is 2. The number of phenols is 1. The molecule has 9 nitrogen and oxygen atoms in total. The predicted octanol–water partition coefficient (Wildman–Crippen LogP) is 4.51. The lowest BCUT2D eigenvalue weighted by Crippen LogP contribution is -2.65. The summed E-state index contributed by atoms with van der Waals surface area (Å²) in [6.07, 6.45) is 6.85. The smallest absolute Gasteiger partial charge is 0.481 e. The first-order valence-corrected chi connectivity index (χ1v) is 17.7. The van der Waals surface area contributed by atoms with Crippen LogP contribution in [0.15, 0.2) is 48.5 Å². The number of hydrogen-bond donors (Lipinski definition) is 3. The van der Waals surface area contributed by atoms with Crippen LogP contribution in [0.5, 0.6) is 5.75 Å². The Morgan fingerprint density at radius 3 is 2.51 bits per heavy atom. The van der Waals surface area contributed by atoms with Gasteiger partial charge >= 0.3 is 7.12 Å². The van der Waals surface area contributed by atoms with Gasteiger partial charge in [-0.05, 0) is 73.1 Å². The van der Waals surface area contributed by atoms with Gasteiger partial charge in [-0.1, -0.05) is 63.4 Å². The number of benzene rings is 2. The summed E-state index contributed by atoms with van der Waals surface area (Å²) in [5.74, 6) is 0.859. The van der Waals surface area contributed by atoms with Crippen LogP contribution in [0.1, 0.15) is 80.8 Å². The lowest BCUT2D eigenvalue weighted by Gasteiger charge is -2.64. The maximum absolute atomic E-state index is 14.2. The minimum Gasteiger partial charge on any atom is -0.508 e. The van der Waals surface area contributed by atoms with Gasteiger partial charge in [-0.3, -0.25) is 14.5 Å². The standard InChI is InChI=1S/C37H50BN3O6/c1-36(2)28-21-31(36)37(3)32(22-28)46-38(47-37)33(19-25-10-7-11-25)40-35(44)29(18-24-8-5-4-6-9-24)39-34(43)26-12-13-30(42)27(20-26)23-41-14-16-45-17-15-41/h4-6,8-9,12-13,20,25,28-29,31-33,42H,7,10-11,14-19,21-23H2,1-3H3,(H,39,43)(H,40,44)/t28-,29-,31-,32+,33-,37-/m0/s1. The van der Waals surface area contributed by atoms with Gasteiger partial charge in [-0.15, -0.1) is 0 Å². The highest BCUT2D eigenvalue weighted by molar-refractivity contribution is 6.48. The fraction of sp³-hybridized carbons (Fsp3) is 0.622. The number of carbonyl (C=O) groups is 2. The number of hydrogen-bond acceptors (Lipinski definition) is 7. The third-order valence-electron chi connectivity index (χ3n) is 12.2. The van der Waals surface area contributed by atoms with E-state index >= 15 is 0 Å². The molecule has 4 saturated carbocycles. The molecule has 6 aliphatic rings. The summed E-state index contributed by atoms with van der Waals surface area (Å²) in [4.78, 5) is 30.2. The molecule has 0 unspecified atom stereocenters. The Bertz CT molecular complexity index is 1450. The summed E-state index contributed by atoms with van der Waals surface area (Å²) < 4.78 is 19.0. The molecule has 2 aromatic rings. The number of phenolic OH excluding ortho intramolecular Hbond substituents is 1. The van der Waals surface area contributed by atoms with Crippen molar-refractivity contribution in [2.24, 2.45) is 23.2 Å². The molecular formula is C37H50BN3O6. The molecule has 8 rings (SSSR count). The van der Waals surface area contributed by atoms with E-state index in [-0.39, 0.29) is 40.6 Å². The first-order valence-electron chi connectivity index (χ1n) is 17.7. The summed E-state index contributed by atoms with van der Waals surface area (Å²) in [7, 11) is -0.516. The Labute approximate surface area is 279 Å². The average Bonchev–Trinajstić information content (AvgIpc) is 3.41. The lowest BCUT2D eigenvalue weighted by molar-refractivity contribution is -0.199. The lowest BCUT2D eigenvalue weighted by atomic mass is 9.43. The fourth-order valence-electron chi connectivity index (χ4n) is 8.83. The summed E-state index contributed by atoms with van der Waals surface area (Å²) >= 11 is 0. The van der Waals surface area contributed by atoms with Crippen LogP contribution in [-0.2, 0) is 31.8 Å². The molecule has 6 fully saturated rings. The molecule has 6 atom stereocenters. The number of rotatable bonds is 11. The van der Waals surface area contributed by atoms with Crippen molar-refractivity contribution in [3.8, 4) is 5.75 Å². The highest BCUT2D eigenvalue weighted by Gasteiger charge is 2.68. The van der Waals surface area contributed by atoms with Crippen LogP contribution in [-0.4, -0.2) is 78.9 Å². The Morgan fingerprint density at radius 2 is 1.81 bits per heavy atom. The summed E-state index contributed by atoms with van der Waals surface area (Å²) in [5.41, 5.74) is 1.91. The summed E-state index contributed by atoms with van der Waals surface area (Å²) in [6.45, 7) is 10.3.